The average Bonchev–Trinajstić information content (AvgIpc) is 2.82. The minimum Gasteiger partial charge on any atom is -0.497 e. The molecule has 2 rings (SSSR count). The van der Waals surface area contributed by atoms with Crippen LogP contribution in [0.2, 0.25) is 0 Å². The molecule has 0 aliphatic carbocycles. The summed E-state index contributed by atoms with van der Waals surface area (Å²) in [7, 11) is 1.58. The van der Waals surface area contributed by atoms with Gasteiger partial charge in [0.05, 0.1) is 7.11 Å². The molecule has 0 saturated heterocycles. The number of anilines is 1. The normalized spacial score (nSPS) is 12.9. The molecule has 0 aliphatic rings. The van der Waals surface area contributed by atoms with Crippen molar-refractivity contribution in [1.29, 1.82) is 0 Å². The minimum atomic E-state index is -0.910. The predicted molar refractivity (Wildman–Crippen MR) is 150 cm³/mol. The van der Waals surface area contributed by atoms with Crippen LogP contribution in [0, 0.1) is 19.8 Å². The van der Waals surface area contributed by atoms with Crippen molar-refractivity contribution < 1.29 is 23.9 Å². The van der Waals surface area contributed by atoms with E-state index in [1.807, 2.05) is 52.8 Å². The van der Waals surface area contributed by atoms with E-state index >= 15 is 0 Å². The van der Waals surface area contributed by atoms with Gasteiger partial charge in [0, 0.05) is 12.2 Å². The number of alkyl carbamates (subject to hydrolysis) is 1. The van der Waals surface area contributed by atoms with E-state index in [1.165, 1.54) is 0 Å². The molecule has 0 radical (unpaired) electrons. The van der Waals surface area contributed by atoms with Gasteiger partial charge in [-0.3, -0.25) is 9.59 Å². The van der Waals surface area contributed by atoms with Crippen molar-refractivity contribution in [3.63, 3.8) is 0 Å². The largest absolute Gasteiger partial charge is 0.497 e. The SMILES string of the molecule is CCCN(C(=O)C(NC(=O)OC(C)(C)C)C(C)C)C(C(=O)Nc1ccc(OC)cc1)c1ccc(C)cc1C. The van der Waals surface area contributed by atoms with Crippen molar-refractivity contribution in [2.45, 2.75) is 79.5 Å². The number of methoxy groups -OCH3 is 1. The van der Waals surface area contributed by atoms with E-state index in [1.54, 1.807) is 57.0 Å². The Morgan fingerprint density at radius 3 is 2.13 bits per heavy atom. The first-order chi connectivity index (χ1) is 17.8. The van der Waals surface area contributed by atoms with E-state index in [2.05, 4.69) is 10.6 Å². The number of nitrogens with zero attached hydrogens (tertiary/aromatic N) is 1. The van der Waals surface area contributed by atoms with Crippen molar-refractivity contribution in [2.75, 3.05) is 19.0 Å². The van der Waals surface area contributed by atoms with Gasteiger partial charge in [-0.2, -0.15) is 0 Å². The number of amides is 3. The fourth-order valence-electron chi connectivity index (χ4n) is 4.20. The summed E-state index contributed by atoms with van der Waals surface area (Å²) in [5.74, 6) is -0.255. The zero-order valence-electron chi connectivity index (χ0n) is 24.2. The molecule has 0 saturated carbocycles. The molecule has 2 aromatic carbocycles. The van der Waals surface area contributed by atoms with Crippen molar-refractivity contribution in [2.24, 2.45) is 5.92 Å². The van der Waals surface area contributed by atoms with Gasteiger partial charge in [0.1, 0.15) is 23.4 Å². The van der Waals surface area contributed by atoms with Crippen LogP contribution in [0.4, 0.5) is 10.5 Å². The summed E-state index contributed by atoms with van der Waals surface area (Å²) in [6, 6.07) is 11.1. The van der Waals surface area contributed by atoms with Gasteiger partial charge in [0.15, 0.2) is 0 Å². The quantitative estimate of drug-likeness (QED) is 0.410. The van der Waals surface area contributed by atoms with Crippen LogP contribution in [0.5, 0.6) is 5.75 Å². The van der Waals surface area contributed by atoms with Crippen molar-refractivity contribution in [3.8, 4) is 5.75 Å². The maximum atomic E-state index is 14.1. The maximum Gasteiger partial charge on any atom is 0.408 e. The first kappa shape index (κ1) is 30.7. The Labute approximate surface area is 227 Å². The van der Waals surface area contributed by atoms with Crippen molar-refractivity contribution in [1.82, 2.24) is 10.2 Å². The highest BCUT2D eigenvalue weighted by Gasteiger charge is 2.37. The van der Waals surface area contributed by atoms with Gasteiger partial charge in [-0.25, -0.2) is 4.79 Å². The van der Waals surface area contributed by atoms with Crippen LogP contribution in [0.25, 0.3) is 0 Å². The molecule has 2 aromatic rings. The Kier molecular flexibility index (Phi) is 10.7. The molecular weight excluding hydrogens is 482 g/mol. The van der Waals surface area contributed by atoms with Crippen molar-refractivity contribution >= 4 is 23.6 Å². The highest BCUT2D eigenvalue weighted by Crippen LogP contribution is 2.29. The van der Waals surface area contributed by atoms with Crippen LogP contribution in [0.15, 0.2) is 42.5 Å². The van der Waals surface area contributed by atoms with Gasteiger partial charge in [-0.1, -0.05) is 44.5 Å². The van der Waals surface area contributed by atoms with Crippen LogP contribution >= 0.6 is 0 Å². The molecule has 8 nitrogen and oxygen atoms in total. The molecule has 0 heterocycles. The van der Waals surface area contributed by atoms with E-state index < -0.39 is 23.8 Å². The predicted octanol–water partition coefficient (Wildman–Crippen LogP) is 5.78. The number of nitrogens with one attached hydrogen (secondary N) is 2. The van der Waals surface area contributed by atoms with Gasteiger partial charge in [-0.05, 0) is 82.3 Å². The minimum absolute atomic E-state index is 0.237. The fourth-order valence-corrected chi connectivity index (χ4v) is 4.20. The molecule has 0 aliphatic heterocycles. The second-order valence-corrected chi connectivity index (χ2v) is 10.9. The molecule has 38 heavy (non-hydrogen) atoms. The standard InChI is InChI=1S/C30H43N3O5/c1-10-17-33(28(35)25(19(2)3)32-29(36)38-30(6,7)8)26(24-16-11-20(4)18-21(24)5)27(34)31-22-12-14-23(37-9)15-13-22/h11-16,18-19,25-26H,10,17H2,1-9H3,(H,31,34)(H,32,36). The Hall–Kier alpha value is -3.55. The van der Waals surface area contributed by atoms with Crippen LogP contribution in [-0.2, 0) is 14.3 Å². The molecule has 0 aromatic heterocycles. The topological polar surface area (TPSA) is 97.0 Å². The number of carbonyl (C=O) groups excluding carboxylic acids is 3. The first-order valence-electron chi connectivity index (χ1n) is 13.1. The van der Waals surface area contributed by atoms with Crippen LogP contribution in [0.3, 0.4) is 0 Å². The van der Waals surface area contributed by atoms with Gasteiger partial charge in [0.25, 0.3) is 5.91 Å². The lowest BCUT2D eigenvalue weighted by Crippen LogP contribution is -2.54. The highest BCUT2D eigenvalue weighted by atomic mass is 16.6. The molecule has 0 bridgehead atoms. The Bertz CT molecular complexity index is 1110. The molecule has 0 spiro atoms. The molecule has 2 atom stereocenters. The Balaban J connectivity index is 2.52. The summed E-state index contributed by atoms with van der Waals surface area (Å²) in [5, 5.41) is 5.71. The smallest absolute Gasteiger partial charge is 0.408 e. The van der Waals surface area contributed by atoms with Gasteiger partial charge < -0.3 is 25.0 Å². The van der Waals surface area contributed by atoms with E-state index in [-0.39, 0.29) is 17.7 Å². The number of hydrogen-bond acceptors (Lipinski definition) is 5. The highest BCUT2D eigenvalue weighted by molar-refractivity contribution is 5.99. The van der Waals surface area contributed by atoms with E-state index in [9.17, 15) is 14.4 Å². The maximum absolute atomic E-state index is 14.1. The lowest BCUT2D eigenvalue weighted by molar-refractivity contribution is -0.141. The molecule has 0 fully saturated rings. The summed E-state index contributed by atoms with van der Waals surface area (Å²) in [6.45, 7) is 15.2. The summed E-state index contributed by atoms with van der Waals surface area (Å²) < 4.78 is 10.6. The third-order valence-electron chi connectivity index (χ3n) is 5.99. The monoisotopic (exact) mass is 525 g/mol. The number of carbonyl (C=O) groups is 3. The fraction of sp³-hybridized carbons (Fsp3) is 0.500. The number of ether oxygens (including phenoxy) is 2. The lowest BCUT2D eigenvalue weighted by atomic mass is 9.95. The molecule has 8 heteroatoms. The molecule has 2 unspecified atom stereocenters. The molecule has 208 valence electrons. The number of rotatable bonds is 10. The summed E-state index contributed by atoms with van der Waals surface area (Å²) in [5.41, 5.74) is 2.55. The van der Waals surface area contributed by atoms with Gasteiger partial charge in [0.2, 0.25) is 5.91 Å². The lowest BCUT2D eigenvalue weighted by Gasteiger charge is -2.36. The first-order valence-corrected chi connectivity index (χ1v) is 13.1. The van der Waals surface area contributed by atoms with Crippen LogP contribution < -0.4 is 15.4 Å². The third kappa shape index (κ3) is 8.50. The molecular formula is C30H43N3O5. The van der Waals surface area contributed by atoms with Gasteiger partial charge >= 0.3 is 6.09 Å². The van der Waals surface area contributed by atoms with Crippen molar-refractivity contribution in [3.05, 3.63) is 59.2 Å². The third-order valence-corrected chi connectivity index (χ3v) is 5.99. The second-order valence-electron chi connectivity index (χ2n) is 10.9. The Morgan fingerprint density at radius 1 is 1.00 bits per heavy atom. The van der Waals surface area contributed by atoms with Gasteiger partial charge in [-0.15, -0.1) is 0 Å². The second kappa shape index (κ2) is 13.3. The van der Waals surface area contributed by atoms with E-state index in [0.717, 1.165) is 16.7 Å². The average molecular weight is 526 g/mol. The van der Waals surface area contributed by atoms with Crippen LogP contribution in [-0.4, -0.2) is 48.1 Å². The zero-order valence-corrected chi connectivity index (χ0v) is 24.2. The number of benzene rings is 2. The Morgan fingerprint density at radius 2 is 1.63 bits per heavy atom. The van der Waals surface area contributed by atoms with E-state index in [4.69, 9.17) is 9.47 Å². The van der Waals surface area contributed by atoms with E-state index in [0.29, 0.717) is 24.4 Å². The number of hydrogen-bond donors (Lipinski definition) is 2. The number of aryl methyl sites for hydroxylation is 2. The zero-order chi connectivity index (χ0) is 28.6. The summed E-state index contributed by atoms with van der Waals surface area (Å²) in [4.78, 5) is 42.1. The van der Waals surface area contributed by atoms with Crippen LogP contribution in [0.1, 0.15) is 70.7 Å². The summed E-state index contributed by atoms with van der Waals surface area (Å²) in [6.07, 6.45) is -0.0491. The molecule has 2 N–H and O–H groups in total. The summed E-state index contributed by atoms with van der Waals surface area (Å²) >= 11 is 0. The molecule has 3 amide bonds.